The van der Waals surface area contributed by atoms with Crippen LogP contribution in [0.3, 0.4) is 0 Å². The van der Waals surface area contributed by atoms with E-state index >= 15 is 0 Å². The van der Waals surface area contributed by atoms with E-state index in [0.29, 0.717) is 19.0 Å². The molecule has 0 radical (unpaired) electrons. The Morgan fingerprint density at radius 2 is 1.94 bits per heavy atom. The van der Waals surface area contributed by atoms with Gasteiger partial charge in [-0.05, 0) is 23.5 Å². The molecule has 1 aliphatic rings. The summed E-state index contributed by atoms with van der Waals surface area (Å²) in [5, 5.41) is 8.79. The van der Waals surface area contributed by atoms with Gasteiger partial charge in [-0.2, -0.15) is 0 Å². The molecule has 1 aromatic carbocycles. The third kappa shape index (κ3) is 3.10. The molecule has 1 aliphatic heterocycles. The minimum atomic E-state index is -0.660. The van der Waals surface area contributed by atoms with Crippen molar-refractivity contribution in [3.63, 3.8) is 0 Å². The molecule has 2 rings (SSSR count). The number of benzene rings is 1. The van der Waals surface area contributed by atoms with E-state index in [1.807, 2.05) is 0 Å². The van der Waals surface area contributed by atoms with Crippen molar-refractivity contribution >= 4 is 5.97 Å². The van der Waals surface area contributed by atoms with Crippen LogP contribution in [0.15, 0.2) is 24.3 Å². The maximum absolute atomic E-state index is 10.7. The smallest absolute Gasteiger partial charge is 0.309 e. The Kier molecular flexibility index (Phi) is 4.02. The van der Waals surface area contributed by atoms with Gasteiger partial charge in [0.15, 0.2) is 0 Å². The highest BCUT2D eigenvalue weighted by atomic mass is 16.4. The Balaban J connectivity index is 1.76. The fourth-order valence-corrected chi connectivity index (χ4v) is 2.27. The first kappa shape index (κ1) is 13.1. The summed E-state index contributed by atoms with van der Waals surface area (Å²) in [6.07, 6.45) is 1.00. The van der Waals surface area contributed by atoms with Crippen molar-refractivity contribution < 1.29 is 9.90 Å². The van der Waals surface area contributed by atoms with Crippen molar-refractivity contribution in [3.05, 3.63) is 35.4 Å². The highest BCUT2D eigenvalue weighted by molar-refractivity contribution is 5.71. The lowest BCUT2D eigenvalue weighted by Gasteiger charge is -2.36. The summed E-state index contributed by atoms with van der Waals surface area (Å²) in [4.78, 5) is 12.9. The Hall–Kier alpha value is -1.35. The van der Waals surface area contributed by atoms with Crippen molar-refractivity contribution in [3.8, 4) is 0 Å². The highest BCUT2D eigenvalue weighted by Gasteiger charge is 2.31. The van der Waals surface area contributed by atoms with Gasteiger partial charge < -0.3 is 10.0 Å². The summed E-state index contributed by atoms with van der Waals surface area (Å²) in [5.74, 6) is -0.230. The largest absolute Gasteiger partial charge is 0.481 e. The first-order valence-corrected chi connectivity index (χ1v) is 6.60. The number of carbonyl (C=O) groups is 1. The SMILES string of the molecule is CC(C)c1ccc(CCN2CC(C(=O)O)C2)cc1. The van der Waals surface area contributed by atoms with Crippen LogP contribution in [0.4, 0.5) is 0 Å². The zero-order valence-electron chi connectivity index (χ0n) is 11.1. The number of likely N-dealkylation sites (tertiary alicyclic amines) is 1. The first-order chi connectivity index (χ1) is 8.56. The van der Waals surface area contributed by atoms with Gasteiger partial charge in [0.1, 0.15) is 0 Å². The van der Waals surface area contributed by atoms with Gasteiger partial charge in [0.2, 0.25) is 0 Å². The van der Waals surface area contributed by atoms with Gasteiger partial charge in [0, 0.05) is 19.6 Å². The third-order valence-corrected chi connectivity index (χ3v) is 3.67. The molecule has 0 atom stereocenters. The van der Waals surface area contributed by atoms with Gasteiger partial charge in [-0.15, -0.1) is 0 Å². The van der Waals surface area contributed by atoms with Crippen LogP contribution >= 0.6 is 0 Å². The van der Waals surface area contributed by atoms with E-state index < -0.39 is 5.97 Å². The van der Waals surface area contributed by atoms with Gasteiger partial charge in [-0.3, -0.25) is 4.79 Å². The van der Waals surface area contributed by atoms with Crippen molar-refractivity contribution in [2.75, 3.05) is 19.6 Å². The molecular weight excluding hydrogens is 226 g/mol. The molecule has 3 nitrogen and oxygen atoms in total. The molecule has 1 fully saturated rings. The average molecular weight is 247 g/mol. The average Bonchev–Trinajstić information content (AvgIpc) is 2.27. The molecule has 1 heterocycles. The van der Waals surface area contributed by atoms with E-state index in [4.69, 9.17) is 5.11 Å². The molecule has 0 bridgehead atoms. The number of hydrogen-bond acceptors (Lipinski definition) is 2. The number of hydrogen-bond donors (Lipinski definition) is 1. The van der Waals surface area contributed by atoms with Crippen LogP contribution in [-0.4, -0.2) is 35.6 Å². The number of nitrogens with zero attached hydrogens (tertiary/aromatic N) is 1. The lowest BCUT2D eigenvalue weighted by atomic mass is 9.98. The molecule has 3 heteroatoms. The predicted molar refractivity (Wildman–Crippen MR) is 71.8 cm³/mol. The van der Waals surface area contributed by atoms with E-state index in [9.17, 15) is 4.79 Å². The van der Waals surface area contributed by atoms with Crippen LogP contribution in [0.25, 0.3) is 0 Å². The summed E-state index contributed by atoms with van der Waals surface area (Å²) in [7, 11) is 0. The van der Waals surface area contributed by atoms with Crippen LogP contribution in [-0.2, 0) is 11.2 Å². The summed E-state index contributed by atoms with van der Waals surface area (Å²) in [6, 6.07) is 8.75. The van der Waals surface area contributed by atoms with Crippen LogP contribution in [0, 0.1) is 5.92 Å². The number of aliphatic carboxylic acids is 1. The molecule has 0 aromatic heterocycles. The summed E-state index contributed by atoms with van der Waals surface area (Å²) < 4.78 is 0. The van der Waals surface area contributed by atoms with Crippen molar-refractivity contribution in [2.24, 2.45) is 5.92 Å². The van der Waals surface area contributed by atoms with Crippen LogP contribution < -0.4 is 0 Å². The zero-order chi connectivity index (χ0) is 13.1. The van der Waals surface area contributed by atoms with E-state index in [-0.39, 0.29) is 5.92 Å². The highest BCUT2D eigenvalue weighted by Crippen LogP contribution is 2.18. The second kappa shape index (κ2) is 5.53. The normalized spacial score (nSPS) is 16.8. The maximum atomic E-state index is 10.7. The second-order valence-corrected chi connectivity index (χ2v) is 5.44. The first-order valence-electron chi connectivity index (χ1n) is 6.60. The fourth-order valence-electron chi connectivity index (χ4n) is 2.27. The second-order valence-electron chi connectivity index (χ2n) is 5.44. The Morgan fingerprint density at radius 1 is 1.33 bits per heavy atom. The zero-order valence-corrected chi connectivity index (χ0v) is 11.1. The predicted octanol–water partition coefficient (Wildman–Crippen LogP) is 2.37. The van der Waals surface area contributed by atoms with Gasteiger partial charge in [0.25, 0.3) is 0 Å². The molecule has 1 aromatic rings. The lowest BCUT2D eigenvalue weighted by molar-refractivity contribution is -0.147. The summed E-state index contributed by atoms with van der Waals surface area (Å²) >= 11 is 0. The van der Waals surface area contributed by atoms with E-state index in [1.54, 1.807) is 0 Å². The van der Waals surface area contributed by atoms with Gasteiger partial charge in [0.05, 0.1) is 5.92 Å². The number of carboxylic acids is 1. The van der Waals surface area contributed by atoms with E-state index in [1.165, 1.54) is 11.1 Å². The summed E-state index contributed by atoms with van der Waals surface area (Å²) in [6.45, 7) is 6.77. The Labute approximate surface area is 108 Å². The van der Waals surface area contributed by atoms with Gasteiger partial charge >= 0.3 is 5.97 Å². The maximum Gasteiger partial charge on any atom is 0.309 e. The molecule has 98 valence electrons. The number of rotatable bonds is 5. The Bertz CT molecular complexity index is 405. The van der Waals surface area contributed by atoms with Crippen molar-refractivity contribution in [1.29, 1.82) is 0 Å². The number of carboxylic acid groups (broad SMARTS) is 1. The lowest BCUT2D eigenvalue weighted by Crippen LogP contribution is -2.50. The van der Waals surface area contributed by atoms with Crippen molar-refractivity contribution in [2.45, 2.75) is 26.2 Å². The molecule has 0 amide bonds. The fraction of sp³-hybridized carbons (Fsp3) is 0.533. The molecular formula is C15H21NO2. The minimum Gasteiger partial charge on any atom is -0.481 e. The van der Waals surface area contributed by atoms with E-state index in [0.717, 1.165) is 13.0 Å². The molecule has 1 saturated heterocycles. The van der Waals surface area contributed by atoms with Crippen LogP contribution in [0.2, 0.25) is 0 Å². The van der Waals surface area contributed by atoms with Crippen molar-refractivity contribution in [1.82, 2.24) is 4.90 Å². The van der Waals surface area contributed by atoms with E-state index in [2.05, 4.69) is 43.0 Å². The molecule has 0 unspecified atom stereocenters. The van der Waals surface area contributed by atoms with Crippen LogP contribution in [0.5, 0.6) is 0 Å². The Morgan fingerprint density at radius 3 is 2.44 bits per heavy atom. The van der Waals surface area contributed by atoms with Gasteiger partial charge in [-0.1, -0.05) is 38.1 Å². The topological polar surface area (TPSA) is 40.5 Å². The molecule has 0 aliphatic carbocycles. The standard InChI is InChI=1S/C15H21NO2/c1-11(2)13-5-3-12(4-6-13)7-8-16-9-14(10-16)15(17)18/h3-6,11,14H,7-10H2,1-2H3,(H,17,18). The van der Waals surface area contributed by atoms with Crippen LogP contribution in [0.1, 0.15) is 30.9 Å². The molecule has 18 heavy (non-hydrogen) atoms. The molecule has 1 N–H and O–H groups in total. The van der Waals surface area contributed by atoms with Gasteiger partial charge in [-0.25, -0.2) is 0 Å². The summed E-state index contributed by atoms with van der Waals surface area (Å²) in [5.41, 5.74) is 2.70. The monoisotopic (exact) mass is 247 g/mol. The third-order valence-electron chi connectivity index (χ3n) is 3.67. The minimum absolute atomic E-state index is 0.145. The molecule has 0 saturated carbocycles. The quantitative estimate of drug-likeness (QED) is 0.868. The molecule has 0 spiro atoms.